The molecule has 22 heavy (non-hydrogen) atoms. The van der Waals surface area contributed by atoms with Gasteiger partial charge in [0.1, 0.15) is 5.01 Å². The fourth-order valence-corrected chi connectivity index (χ4v) is 3.34. The van der Waals surface area contributed by atoms with Gasteiger partial charge in [-0.05, 0) is 31.0 Å². The summed E-state index contributed by atoms with van der Waals surface area (Å²) in [6, 6.07) is 1.79. The van der Waals surface area contributed by atoms with Gasteiger partial charge in [0.15, 0.2) is 0 Å². The first kappa shape index (κ1) is 14.3. The average Bonchev–Trinajstić information content (AvgIpc) is 3.02. The summed E-state index contributed by atoms with van der Waals surface area (Å²) in [7, 11) is 0. The Morgan fingerprint density at radius 3 is 2.55 bits per heavy atom. The highest BCUT2D eigenvalue weighted by molar-refractivity contribution is 7.13. The van der Waals surface area contributed by atoms with Crippen molar-refractivity contribution in [2.24, 2.45) is 5.73 Å². The summed E-state index contributed by atoms with van der Waals surface area (Å²) < 4.78 is 0. The van der Waals surface area contributed by atoms with E-state index in [0.717, 1.165) is 27.3 Å². The van der Waals surface area contributed by atoms with Gasteiger partial charge in [-0.2, -0.15) is 0 Å². The summed E-state index contributed by atoms with van der Waals surface area (Å²) in [5.41, 5.74) is 10.4. The van der Waals surface area contributed by atoms with Crippen LogP contribution in [0, 0.1) is 13.8 Å². The lowest BCUT2D eigenvalue weighted by Crippen LogP contribution is -2.14. The first-order valence-corrected chi connectivity index (χ1v) is 7.57. The van der Waals surface area contributed by atoms with Crippen LogP contribution in [0.5, 0.6) is 0 Å². The fraction of sp³-hybridized carbons (Fsp3) is 0.125. The standard InChI is InChI=1S/C16H14N4OS/c1-9-11(13-8-18-3-4-19-13)7-12(15(17)21)10(2)14(9)16-20-5-6-22-16/h3-8H,1-2H3,(H2,17,21). The van der Waals surface area contributed by atoms with Crippen molar-refractivity contribution in [2.75, 3.05) is 0 Å². The Morgan fingerprint density at radius 1 is 1.14 bits per heavy atom. The third-order valence-corrected chi connectivity index (χ3v) is 4.39. The Morgan fingerprint density at radius 2 is 1.95 bits per heavy atom. The molecule has 0 radical (unpaired) electrons. The minimum atomic E-state index is -0.458. The molecule has 0 bridgehead atoms. The summed E-state index contributed by atoms with van der Waals surface area (Å²) in [5, 5.41) is 2.77. The number of nitrogens with two attached hydrogens (primary N) is 1. The number of rotatable bonds is 3. The fourth-order valence-electron chi connectivity index (χ4n) is 2.54. The van der Waals surface area contributed by atoms with Gasteiger partial charge in [-0.25, -0.2) is 4.98 Å². The number of carbonyl (C=O) groups excluding carboxylic acids is 1. The normalized spacial score (nSPS) is 10.6. The Kier molecular flexibility index (Phi) is 3.68. The minimum absolute atomic E-state index is 0.458. The largest absolute Gasteiger partial charge is 0.366 e. The van der Waals surface area contributed by atoms with Crippen LogP contribution in [0.2, 0.25) is 0 Å². The van der Waals surface area contributed by atoms with Crippen molar-refractivity contribution < 1.29 is 4.79 Å². The van der Waals surface area contributed by atoms with Crippen LogP contribution in [0.3, 0.4) is 0 Å². The molecular formula is C16H14N4OS. The maximum atomic E-state index is 11.8. The Labute approximate surface area is 131 Å². The number of hydrogen-bond donors (Lipinski definition) is 1. The van der Waals surface area contributed by atoms with Crippen LogP contribution in [0.4, 0.5) is 0 Å². The van der Waals surface area contributed by atoms with Crippen LogP contribution >= 0.6 is 11.3 Å². The quantitative estimate of drug-likeness (QED) is 0.806. The third-order valence-electron chi connectivity index (χ3n) is 3.60. The Balaban J connectivity index is 2.35. The van der Waals surface area contributed by atoms with Crippen molar-refractivity contribution >= 4 is 17.2 Å². The smallest absolute Gasteiger partial charge is 0.249 e. The van der Waals surface area contributed by atoms with Crippen molar-refractivity contribution in [3.8, 4) is 21.8 Å². The van der Waals surface area contributed by atoms with Crippen molar-refractivity contribution in [3.63, 3.8) is 0 Å². The molecular weight excluding hydrogens is 296 g/mol. The predicted octanol–water partition coefficient (Wildman–Crippen LogP) is 2.98. The highest BCUT2D eigenvalue weighted by Gasteiger charge is 2.19. The van der Waals surface area contributed by atoms with Gasteiger partial charge in [0, 0.05) is 40.7 Å². The van der Waals surface area contributed by atoms with Gasteiger partial charge in [-0.1, -0.05) is 0 Å². The molecule has 0 saturated heterocycles. The molecule has 2 aromatic heterocycles. The van der Waals surface area contributed by atoms with E-state index in [2.05, 4.69) is 15.0 Å². The van der Waals surface area contributed by atoms with Crippen LogP contribution in [0.15, 0.2) is 36.2 Å². The zero-order valence-electron chi connectivity index (χ0n) is 12.2. The van der Waals surface area contributed by atoms with Gasteiger partial charge in [0.25, 0.3) is 0 Å². The number of primary amides is 1. The van der Waals surface area contributed by atoms with Crippen molar-refractivity contribution in [3.05, 3.63) is 52.9 Å². The van der Waals surface area contributed by atoms with Crippen LogP contribution in [-0.2, 0) is 0 Å². The molecule has 1 aromatic carbocycles. The van der Waals surface area contributed by atoms with E-state index in [1.807, 2.05) is 19.2 Å². The lowest BCUT2D eigenvalue weighted by atomic mass is 9.91. The van der Waals surface area contributed by atoms with Crippen LogP contribution in [-0.4, -0.2) is 20.9 Å². The molecule has 0 aliphatic rings. The third kappa shape index (κ3) is 2.37. The molecule has 1 amide bonds. The van der Waals surface area contributed by atoms with Gasteiger partial charge < -0.3 is 5.73 Å². The molecule has 3 rings (SSSR count). The number of aromatic nitrogens is 3. The first-order valence-electron chi connectivity index (χ1n) is 6.70. The van der Waals surface area contributed by atoms with Gasteiger partial charge in [0.2, 0.25) is 5.91 Å². The summed E-state index contributed by atoms with van der Waals surface area (Å²) in [6.45, 7) is 3.89. The number of nitrogens with zero attached hydrogens (tertiary/aromatic N) is 3. The molecule has 0 saturated carbocycles. The highest BCUT2D eigenvalue weighted by atomic mass is 32.1. The second kappa shape index (κ2) is 5.65. The molecule has 0 aliphatic carbocycles. The number of hydrogen-bond acceptors (Lipinski definition) is 5. The van der Waals surface area contributed by atoms with Gasteiger partial charge in [-0.15, -0.1) is 11.3 Å². The van der Waals surface area contributed by atoms with E-state index in [1.165, 1.54) is 11.3 Å². The molecule has 0 fully saturated rings. The summed E-state index contributed by atoms with van der Waals surface area (Å²) in [5.74, 6) is -0.458. The van der Waals surface area contributed by atoms with Crippen LogP contribution in [0.1, 0.15) is 21.5 Å². The van der Waals surface area contributed by atoms with Crippen molar-refractivity contribution in [1.82, 2.24) is 15.0 Å². The van der Waals surface area contributed by atoms with Crippen molar-refractivity contribution in [2.45, 2.75) is 13.8 Å². The average molecular weight is 310 g/mol. The second-order valence-electron chi connectivity index (χ2n) is 4.89. The first-order chi connectivity index (χ1) is 10.6. The van der Waals surface area contributed by atoms with Crippen molar-refractivity contribution in [1.29, 1.82) is 0 Å². The number of thiazole rings is 1. The monoisotopic (exact) mass is 310 g/mol. The van der Waals surface area contributed by atoms with E-state index in [-0.39, 0.29) is 0 Å². The maximum Gasteiger partial charge on any atom is 0.249 e. The van der Waals surface area contributed by atoms with E-state index >= 15 is 0 Å². The number of amides is 1. The molecule has 110 valence electrons. The van der Waals surface area contributed by atoms with E-state index in [0.29, 0.717) is 11.3 Å². The zero-order chi connectivity index (χ0) is 15.7. The number of benzene rings is 1. The molecule has 0 unspecified atom stereocenters. The van der Waals surface area contributed by atoms with E-state index in [4.69, 9.17) is 5.73 Å². The molecule has 2 heterocycles. The molecule has 6 heteroatoms. The molecule has 0 spiro atoms. The maximum absolute atomic E-state index is 11.8. The van der Waals surface area contributed by atoms with E-state index in [9.17, 15) is 4.79 Å². The minimum Gasteiger partial charge on any atom is -0.366 e. The topological polar surface area (TPSA) is 81.8 Å². The molecule has 5 nitrogen and oxygen atoms in total. The van der Waals surface area contributed by atoms with Crippen LogP contribution < -0.4 is 5.73 Å². The SMILES string of the molecule is Cc1c(C(N)=O)cc(-c2cnccn2)c(C)c1-c1nccs1. The highest BCUT2D eigenvalue weighted by Crippen LogP contribution is 2.36. The summed E-state index contributed by atoms with van der Waals surface area (Å²) in [6.07, 6.45) is 6.66. The molecule has 2 N–H and O–H groups in total. The Bertz CT molecular complexity index is 829. The molecule has 3 aromatic rings. The van der Waals surface area contributed by atoms with Crippen LogP contribution in [0.25, 0.3) is 21.8 Å². The second-order valence-corrected chi connectivity index (χ2v) is 5.78. The van der Waals surface area contributed by atoms with Gasteiger partial charge in [0.05, 0.1) is 11.9 Å². The van der Waals surface area contributed by atoms with Gasteiger partial charge >= 0.3 is 0 Å². The number of carbonyl (C=O) groups is 1. The van der Waals surface area contributed by atoms with Gasteiger partial charge in [-0.3, -0.25) is 14.8 Å². The predicted molar refractivity (Wildman–Crippen MR) is 86.6 cm³/mol. The summed E-state index contributed by atoms with van der Waals surface area (Å²) in [4.78, 5) is 24.6. The molecule has 0 aliphatic heterocycles. The lowest BCUT2D eigenvalue weighted by Gasteiger charge is -2.15. The molecule has 0 atom stereocenters. The Hall–Kier alpha value is -2.60. The zero-order valence-corrected chi connectivity index (χ0v) is 13.0. The lowest BCUT2D eigenvalue weighted by molar-refractivity contribution is 0.1000. The van der Waals surface area contributed by atoms with E-state index in [1.54, 1.807) is 30.9 Å². The van der Waals surface area contributed by atoms with E-state index < -0.39 is 5.91 Å². The summed E-state index contributed by atoms with van der Waals surface area (Å²) >= 11 is 1.53.